The summed E-state index contributed by atoms with van der Waals surface area (Å²) in [7, 11) is 1.73. The van der Waals surface area contributed by atoms with Gasteiger partial charge < -0.3 is 10.1 Å². The third-order valence-corrected chi connectivity index (χ3v) is 4.06. The van der Waals surface area contributed by atoms with Crippen molar-refractivity contribution < 1.29 is 4.74 Å². The van der Waals surface area contributed by atoms with E-state index in [1.807, 2.05) is 12.1 Å². The molecule has 0 saturated carbocycles. The molecule has 0 aromatic heterocycles. The second kappa shape index (κ2) is 6.41. The summed E-state index contributed by atoms with van der Waals surface area (Å²) in [5.74, 6) is 0. The highest BCUT2D eigenvalue weighted by atomic mass is 79.9. The molecule has 0 spiro atoms. The molecule has 96 valence electrons. The second-order valence-electron chi connectivity index (χ2n) is 4.39. The van der Waals surface area contributed by atoms with Crippen molar-refractivity contribution in [3.63, 3.8) is 0 Å². The summed E-state index contributed by atoms with van der Waals surface area (Å²) in [5, 5.41) is 4.07. The fraction of sp³-hybridized carbons (Fsp3) is 0.500. The molecule has 0 saturated heterocycles. The first-order chi connectivity index (χ1) is 7.85. The summed E-state index contributed by atoms with van der Waals surface area (Å²) in [6.45, 7) is 4.97. The van der Waals surface area contributed by atoms with E-state index in [1.165, 1.54) is 0 Å². The minimum absolute atomic E-state index is 0.113. The van der Waals surface area contributed by atoms with Gasteiger partial charge in [-0.1, -0.05) is 11.6 Å². The maximum atomic E-state index is 5.94. The monoisotopic (exact) mass is 383 g/mol. The van der Waals surface area contributed by atoms with Crippen LogP contribution in [0.4, 0.5) is 5.69 Å². The number of hydrogen-bond donors (Lipinski definition) is 1. The first-order valence-electron chi connectivity index (χ1n) is 5.29. The molecular formula is C12H16Br2ClNO. The van der Waals surface area contributed by atoms with Crippen LogP contribution in [0, 0.1) is 0 Å². The number of hydrogen-bond acceptors (Lipinski definition) is 2. The van der Waals surface area contributed by atoms with Gasteiger partial charge in [-0.15, -0.1) is 0 Å². The minimum atomic E-state index is -0.113. The predicted octanol–water partition coefficient (Wildman–Crippen LogP) is 5.09. The molecule has 0 aliphatic carbocycles. The van der Waals surface area contributed by atoms with Crippen LogP contribution in [0.25, 0.3) is 0 Å². The van der Waals surface area contributed by atoms with Gasteiger partial charge in [-0.2, -0.15) is 0 Å². The van der Waals surface area contributed by atoms with Crippen molar-refractivity contribution in [2.24, 2.45) is 0 Å². The zero-order valence-corrected chi connectivity index (χ0v) is 14.0. The number of nitrogens with one attached hydrogen (secondary N) is 1. The van der Waals surface area contributed by atoms with E-state index < -0.39 is 0 Å². The van der Waals surface area contributed by atoms with Crippen molar-refractivity contribution in [3.8, 4) is 0 Å². The van der Waals surface area contributed by atoms with Crippen LogP contribution in [0.2, 0.25) is 5.02 Å². The number of anilines is 1. The summed E-state index contributed by atoms with van der Waals surface area (Å²) in [4.78, 5) is 0. The normalized spacial score (nSPS) is 11.6. The molecule has 0 aliphatic heterocycles. The molecule has 1 aromatic rings. The highest BCUT2D eigenvalue weighted by Gasteiger charge is 2.16. The maximum absolute atomic E-state index is 5.94. The van der Waals surface area contributed by atoms with Gasteiger partial charge in [0, 0.05) is 27.6 Å². The van der Waals surface area contributed by atoms with Gasteiger partial charge in [0.05, 0.1) is 11.3 Å². The Morgan fingerprint density at radius 3 is 2.29 bits per heavy atom. The van der Waals surface area contributed by atoms with E-state index in [0.717, 1.165) is 27.6 Å². The molecular weight excluding hydrogens is 369 g/mol. The molecule has 0 fully saturated rings. The number of halogens is 3. The van der Waals surface area contributed by atoms with Gasteiger partial charge in [-0.25, -0.2) is 0 Å². The lowest BCUT2D eigenvalue weighted by atomic mass is 10.1. The van der Waals surface area contributed by atoms with Crippen molar-refractivity contribution >= 4 is 49.1 Å². The Bertz CT molecular complexity index is 373. The van der Waals surface area contributed by atoms with Crippen molar-refractivity contribution in [1.29, 1.82) is 0 Å². The number of rotatable bonds is 5. The molecule has 0 aliphatic rings. The van der Waals surface area contributed by atoms with Crippen molar-refractivity contribution in [2.45, 2.75) is 25.9 Å². The lowest BCUT2D eigenvalue weighted by Gasteiger charge is -2.23. The zero-order valence-electron chi connectivity index (χ0n) is 10.1. The van der Waals surface area contributed by atoms with Crippen LogP contribution in [0.5, 0.6) is 0 Å². The third kappa shape index (κ3) is 4.78. The van der Waals surface area contributed by atoms with Crippen LogP contribution in [0.15, 0.2) is 21.1 Å². The average Bonchev–Trinajstić information content (AvgIpc) is 2.22. The molecule has 0 unspecified atom stereocenters. The van der Waals surface area contributed by atoms with Gasteiger partial charge in [0.2, 0.25) is 0 Å². The third-order valence-electron chi connectivity index (χ3n) is 2.59. The Hall–Kier alpha value is 0.230. The highest BCUT2D eigenvalue weighted by molar-refractivity contribution is 9.11. The van der Waals surface area contributed by atoms with Crippen molar-refractivity contribution in [3.05, 3.63) is 26.1 Å². The molecule has 1 N–H and O–H groups in total. The quantitative estimate of drug-likeness (QED) is 0.762. The van der Waals surface area contributed by atoms with Gasteiger partial charge in [-0.05, 0) is 64.3 Å². The van der Waals surface area contributed by atoms with Crippen LogP contribution in [0.3, 0.4) is 0 Å². The Morgan fingerprint density at radius 2 is 1.82 bits per heavy atom. The number of benzene rings is 1. The maximum Gasteiger partial charge on any atom is 0.0639 e. The summed E-state index contributed by atoms with van der Waals surface area (Å²) < 4.78 is 7.27. The van der Waals surface area contributed by atoms with E-state index in [-0.39, 0.29) is 5.60 Å². The fourth-order valence-electron chi connectivity index (χ4n) is 1.30. The number of ether oxygens (including phenoxy) is 1. The molecule has 17 heavy (non-hydrogen) atoms. The van der Waals surface area contributed by atoms with E-state index in [1.54, 1.807) is 7.11 Å². The topological polar surface area (TPSA) is 21.3 Å². The summed E-state index contributed by atoms with van der Waals surface area (Å²) >= 11 is 12.9. The molecule has 0 amide bonds. The van der Waals surface area contributed by atoms with Gasteiger partial charge in [0.25, 0.3) is 0 Å². The van der Waals surface area contributed by atoms with Gasteiger partial charge in [0.1, 0.15) is 0 Å². The minimum Gasteiger partial charge on any atom is -0.383 e. The van der Waals surface area contributed by atoms with Gasteiger partial charge in [-0.3, -0.25) is 0 Å². The summed E-state index contributed by atoms with van der Waals surface area (Å²) in [6, 6.07) is 3.74. The molecule has 0 atom stereocenters. The molecule has 0 heterocycles. The zero-order chi connectivity index (χ0) is 13.1. The Balaban J connectivity index is 2.64. The first-order valence-corrected chi connectivity index (χ1v) is 7.26. The molecule has 2 nitrogen and oxygen atoms in total. The average molecular weight is 386 g/mol. The molecule has 1 rings (SSSR count). The van der Waals surface area contributed by atoms with E-state index >= 15 is 0 Å². The van der Waals surface area contributed by atoms with E-state index in [4.69, 9.17) is 16.3 Å². The lowest BCUT2D eigenvalue weighted by Crippen LogP contribution is -2.25. The van der Waals surface area contributed by atoms with E-state index in [0.29, 0.717) is 5.02 Å². The Morgan fingerprint density at radius 1 is 1.29 bits per heavy atom. The van der Waals surface area contributed by atoms with Crippen LogP contribution >= 0.6 is 43.5 Å². The largest absolute Gasteiger partial charge is 0.383 e. The standard InChI is InChI=1S/C12H16Br2ClNO/c1-12(2,17-3)4-5-16-11-9(13)6-8(15)7-10(11)14/h6-7,16H,4-5H2,1-3H3. The van der Waals surface area contributed by atoms with E-state index in [2.05, 4.69) is 51.0 Å². The molecule has 1 aromatic carbocycles. The first kappa shape index (κ1) is 15.3. The lowest BCUT2D eigenvalue weighted by molar-refractivity contribution is 0.0185. The molecule has 0 bridgehead atoms. The van der Waals surface area contributed by atoms with Crippen LogP contribution in [0.1, 0.15) is 20.3 Å². The Kier molecular flexibility index (Phi) is 5.77. The second-order valence-corrected chi connectivity index (χ2v) is 6.53. The van der Waals surface area contributed by atoms with Crippen LogP contribution < -0.4 is 5.32 Å². The van der Waals surface area contributed by atoms with Gasteiger partial charge >= 0.3 is 0 Å². The smallest absolute Gasteiger partial charge is 0.0639 e. The predicted molar refractivity (Wildman–Crippen MR) is 81.0 cm³/mol. The summed E-state index contributed by atoms with van der Waals surface area (Å²) in [5.41, 5.74) is 0.902. The number of methoxy groups -OCH3 is 1. The Labute approximate surface area is 124 Å². The molecule has 0 radical (unpaired) electrons. The SMILES string of the molecule is COC(C)(C)CCNc1c(Br)cc(Cl)cc1Br. The van der Waals surface area contributed by atoms with Gasteiger partial charge in [0.15, 0.2) is 0 Å². The molecule has 5 heteroatoms. The highest BCUT2D eigenvalue weighted by Crippen LogP contribution is 2.34. The van der Waals surface area contributed by atoms with Crippen LogP contribution in [-0.2, 0) is 4.74 Å². The van der Waals surface area contributed by atoms with E-state index in [9.17, 15) is 0 Å². The summed E-state index contributed by atoms with van der Waals surface area (Å²) in [6.07, 6.45) is 0.922. The fourth-order valence-corrected chi connectivity index (χ4v) is 3.25. The van der Waals surface area contributed by atoms with Crippen molar-refractivity contribution in [2.75, 3.05) is 19.0 Å². The van der Waals surface area contributed by atoms with Crippen LogP contribution in [-0.4, -0.2) is 19.3 Å². The van der Waals surface area contributed by atoms with Crippen molar-refractivity contribution in [1.82, 2.24) is 0 Å².